The average Bonchev–Trinajstić information content (AvgIpc) is 2.85. The van der Waals surface area contributed by atoms with E-state index in [9.17, 15) is 0 Å². The highest BCUT2D eigenvalue weighted by Crippen LogP contribution is 2.30. The quantitative estimate of drug-likeness (QED) is 0.859. The molecule has 102 valence electrons. The molecule has 2 rings (SSSR count). The first-order valence-corrected chi connectivity index (χ1v) is 6.71. The highest BCUT2D eigenvalue weighted by atomic mass is 16.5. The first-order valence-electron chi connectivity index (χ1n) is 6.71. The lowest BCUT2D eigenvalue weighted by molar-refractivity contribution is 0.310. The Bertz CT molecular complexity index is 519. The molecule has 0 amide bonds. The molecule has 19 heavy (non-hydrogen) atoms. The summed E-state index contributed by atoms with van der Waals surface area (Å²) >= 11 is 0. The SMILES string of the molecule is CCCOc1ccccc1C(NC)c1ccc(C)o1. The molecule has 1 aromatic heterocycles. The van der Waals surface area contributed by atoms with E-state index in [1.54, 1.807) is 0 Å². The van der Waals surface area contributed by atoms with Crippen molar-refractivity contribution in [3.8, 4) is 5.75 Å². The molecule has 0 spiro atoms. The number of ether oxygens (including phenoxy) is 1. The summed E-state index contributed by atoms with van der Waals surface area (Å²) in [5.74, 6) is 2.74. The second kappa shape index (κ2) is 6.43. The van der Waals surface area contributed by atoms with Crippen molar-refractivity contribution < 1.29 is 9.15 Å². The molecule has 0 fully saturated rings. The van der Waals surface area contributed by atoms with Crippen molar-refractivity contribution in [1.82, 2.24) is 5.32 Å². The third-order valence-electron chi connectivity index (χ3n) is 3.03. The zero-order valence-electron chi connectivity index (χ0n) is 11.8. The van der Waals surface area contributed by atoms with Gasteiger partial charge < -0.3 is 14.5 Å². The van der Waals surface area contributed by atoms with Crippen molar-refractivity contribution in [1.29, 1.82) is 0 Å². The average molecular weight is 259 g/mol. The summed E-state index contributed by atoms with van der Waals surface area (Å²) in [6.45, 7) is 4.79. The van der Waals surface area contributed by atoms with Crippen LogP contribution in [0, 0.1) is 6.92 Å². The Morgan fingerprint density at radius 2 is 2.00 bits per heavy atom. The molecule has 1 N–H and O–H groups in total. The van der Waals surface area contributed by atoms with Crippen LogP contribution in [-0.2, 0) is 0 Å². The fourth-order valence-corrected chi connectivity index (χ4v) is 2.12. The zero-order chi connectivity index (χ0) is 13.7. The molecular weight excluding hydrogens is 238 g/mol. The van der Waals surface area contributed by atoms with Crippen LogP contribution < -0.4 is 10.1 Å². The molecule has 0 aliphatic heterocycles. The molecule has 0 bridgehead atoms. The highest BCUT2D eigenvalue weighted by molar-refractivity contribution is 5.39. The number of para-hydroxylation sites is 1. The van der Waals surface area contributed by atoms with Crippen molar-refractivity contribution in [2.45, 2.75) is 26.3 Å². The minimum Gasteiger partial charge on any atom is -0.493 e. The lowest BCUT2D eigenvalue weighted by Crippen LogP contribution is -2.18. The van der Waals surface area contributed by atoms with Gasteiger partial charge in [-0.15, -0.1) is 0 Å². The van der Waals surface area contributed by atoms with Gasteiger partial charge in [0.05, 0.1) is 12.6 Å². The molecule has 0 radical (unpaired) electrons. The minimum absolute atomic E-state index is 0.0155. The first kappa shape index (κ1) is 13.7. The van der Waals surface area contributed by atoms with E-state index in [1.807, 2.05) is 44.3 Å². The summed E-state index contributed by atoms with van der Waals surface area (Å²) in [4.78, 5) is 0. The largest absolute Gasteiger partial charge is 0.493 e. The Morgan fingerprint density at radius 1 is 1.21 bits per heavy atom. The summed E-state index contributed by atoms with van der Waals surface area (Å²) < 4.78 is 11.5. The second-order valence-corrected chi connectivity index (χ2v) is 4.56. The summed E-state index contributed by atoms with van der Waals surface area (Å²) in [6, 6.07) is 12.1. The van der Waals surface area contributed by atoms with E-state index in [-0.39, 0.29) is 6.04 Å². The van der Waals surface area contributed by atoms with Gasteiger partial charge in [-0.2, -0.15) is 0 Å². The van der Waals surface area contributed by atoms with Crippen LogP contribution in [-0.4, -0.2) is 13.7 Å². The second-order valence-electron chi connectivity index (χ2n) is 4.56. The molecule has 2 aromatic rings. The number of hydrogen-bond donors (Lipinski definition) is 1. The van der Waals surface area contributed by atoms with E-state index < -0.39 is 0 Å². The summed E-state index contributed by atoms with van der Waals surface area (Å²) in [5, 5.41) is 3.29. The Kier molecular flexibility index (Phi) is 4.63. The van der Waals surface area contributed by atoms with E-state index in [1.165, 1.54) is 0 Å². The third-order valence-corrected chi connectivity index (χ3v) is 3.03. The molecule has 1 unspecified atom stereocenters. The van der Waals surface area contributed by atoms with Gasteiger partial charge in [-0.25, -0.2) is 0 Å². The number of benzene rings is 1. The number of aryl methyl sites for hydroxylation is 1. The van der Waals surface area contributed by atoms with Gasteiger partial charge in [-0.1, -0.05) is 25.1 Å². The summed E-state index contributed by atoms with van der Waals surface area (Å²) in [7, 11) is 1.93. The van der Waals surface area contributed by atoms with Gasteiger partial charge in [-0.05, 0) is 38.6 Å². The van der Waals surface area contributed by atoms with Gasteiger partial charge in [-0.3, -0.25) is 0 Å². The molecule has 1 heterocycles. The number of rotatable bonds is 6. The Balaban J connectivity index is 2.32. The van der Waals surface area contributed by atoms with Crippen molar-refractivity contribution in [2.75, 3.05) is 13.7 Å². The van der Waals surface area contributed by atoms with Crippen LogP contribution in [0.15, 0.2) is 40.8 Å². The van der Waals surface area contributed by atoms with E-state index in [4.69, 9.17) is 9.15 Å². The molecule has 0 saturated carbocycles. The lowest BCUT2D eigenvalue weighted by Gasteiger charge is -2.18. The van der Waals surface area contributed by atoms with Crippen molar-refractivity contribution in [2.24, 2.45) is 0 Å². The maximum atomic E-state index is 5.82. The van der Waals surface area contributed by atoms with Gasteiger partial charge in [0.1, 0.15) is 17.3 Å². The predicted molar refractivity (Wildman–Crippen MR) is 76.6 cm³/mol. The van der Waals surface area contributed by atoms with Crippen molar-refractivity contribution in [3.05, 3.63) is 53.5 Å². The van der Waals surface area contributed by atoms with Crippen LogP contribution in [0.1, 0.15) is 36.5 Å². The maximum absolute atomic E-state index is 5.82. The zero-order valence-corrected chi connectivity index (χ0v) is 11.8. The van der Waals surface area contributed by atoms with Gasteiger partial charge in [0.15, 0.2) is 0 Å². The van der Waals surface area contributed by atoms with Crippen molar-refractivity contribution >= 4 is 0 Å². The van der Waals surface area contributed by atoms with Gasteiger partial charge in [0.25, 0.3) is 0 Å². The van der Waals surface area contributed by atoms with Crippen LogP contribution in [0.25, 0.3) is 0 Å². The van der Waals surface area contributed by atoms with E-state index in [0.717, 1.165) is 35.9 Å². The minimum atomic E-state index is 0.0155. The Labute approximate surface area is 114 Å². The van der Waals surface area contributed by atoms with Gasteiger partial charge in [0, 0.05) is 5.56 Å². The lowest BCUT2D eigenvalue weighted by atomic mass is 10.0. The van der Waals surface area contributed by atoms with Crippen LogP contribution in [0.4, 0.5) is 0 Å². The molecule has 1 atom stereocenters. The number of hydrogen-bond acceptors (Lipinski definition) is 3. The Morgan fingerprint density at radius 3 is 2.63 bits per heavy atom. The Hall–Kier alpha value is -1.74. The van der Waals surface area contributed by atoms with Gasteiger partial charge in [0.2, 0.25) is 0 Å². The van der Waals surface area contributed by atoms with E-state index >= 15 is 0 Å². The molecular formula is C16H21NO2. The van der Waals surface area contributed by atoms with Crippen molar-refractivity contribution in [3.63, 3.8) is 0 Å². The van der Waals surface area contributed by atoms with E-state index in [2.05, 4.69) is 18.3 Å². The van der Waals surface area contributed by atoms with Crippen LogP contribution in [0.5, 0.6) is 5.75 Å². The smallest absolute Gasteiger partial charge is 0.125 e. The highest BCUT2D eigenvalue weighted by Gasteiger charge is 2.19. The number of nitrogens with one attached hydrogen (secondary N) is 1. The summed E-state index contributed by atoms with van der Waals surface area (Å²) in [6.07, 6.45) is 0.998. The fourth-order valence-electron chi connectivity index (χ4n) is 2.12. The van der Waals surface area contributed by atoms with Crippen LogP contribution in [0.3, 0.4) is 0 Å². The predicted octanol–water partition coefficient (Wildman–Crippen LogP) is 3.69. The third kappa shape index (κ3) is 3.18. The molecule has 0 saturated heterocycles. The number of furan rings is 1. The topological polar surface area (TPSA) is 34.4 Å². The van der Waals surface area contributed by atoms with Crippen LogP contribution in [0.2, 0.25) is 0 Å². The molecule has 3 heteroatoms. The first-order chi connectivity index (χ1) is 9.26. The monoisotopic (exact) mass is 259 g/mol. The standard InChI is InChI=1S/C16H21NO2/c1-4-11-18-14-8-6-5-7-13(14)16(17-3)15-10-9-12(2)19-15/h5-10,16-17H,4,11H2,1-3H3. The van der Waals surface area contributed by atoms with E-state index in [0.29, 0.717) is 0 Å². The summed E-state index contributed by atoms with van der Waals surface area (Å²) in [5.41, 5.74) is 1.10. The molecule has 0 aliphatic rings. The normalized spacial score (nSPS) is 12.4. The van der Waals surface area contributed by atoms with Gasteiger partial charge >= 0.3 is 0 Å². The maximum Gasteiger partial charge on any atom is 0.125 e. The van der Waals surface area contributed by atoms with Crippen LogP contribution >= 0.6 is 0 Å². The molecule has 0 aliphatic carbocycles. The fraction of sp³-hybridized carbons (Fsp3) is 0.375. The molecule has 3 nitrogen and oxygen atoms in total. The molecule has 1 aromatic carbocycles.